The van der Waals surface area contributed by atoms with E-state index in [1.165, 1.54) is 28.6 Å². The molecule has 2 amide bonds. The maximum absolute atomic E-state index is 12.7. The summed E-state index contributed by atoms with van der Waals surface area (Å²) < 4.78 is 32.0. The van der Waals surface area contributed by atoms with Gasteiger partial charge in [-0.25, -0.2) is 8.42 Å². The molecule has 2 aliphatic rings. The highest BCUT2D eigenvalue weighted by Gasteiger charge is 2.30. The largest absolute Gasteiger partial charge is 0.379 e. The van der Waals surface area contributed by atoms with Gasteiger partial charge in [0.25, 0.3) is 5.91 Å². The number of hydrogen-bond acceptors (Lipinski definition) is 5. The van der Waals surface area contributed by atoms with E-state index in [-0.39, 0.29) is 22.6 Å². The second kappa shape index (κ2) is 9.81. The van der Waals surface area contributed by atoms with Crippen LogP contribution in [0.4, 0.5) is 0 Å². The monoisotopic (exact) mass is 457 g/mol. The molecule has 2 aromatic carbocycles. The Morgan fingerprint density at radius 2 is 1.72 bits per heavy atom. The van der Waals surface area contributed by atoms with Crippen LogP contribution in [-0.2, 0) is 26.1 Å². The number of likely N-dealkylation sites (tertiary alicyclic amines) is 1. The van der Waals surface area contributed by atoms with Gasteiger partial charge in [-0.15, -0.1) is 0 Å². The summed E-state index contributed by atoms with van der Waals surface area (Å²) in [4.78, 5) is 26.8. The molecule has 1 unspecified atom stereocenters. The van der Waals surface area contributed by atoms with E-state index in [0.717, 1.165) is 5.56 Å². The highest BCUT2D eigenvalue weighted by Crippen LogP contribution is 2.20. The molecule has 4 rings (SSSR count). The van der Waals surface area contributed by atoms with E-state index in [1.54, 1.807) is 0 Å². The van der Waals surface area contributed by atoms with Crippen LogP contribution >= 0.6 is 0 Å². The third-order valence-corrected chi connectivity index (χ3v) is 7.70. The van der Waals surface area contributed by atoms with Gasteiger partial charge in [-0.3, -0.25) is 9.59 Å². The fraction of sp³-hybridized carbons (Fsp3) is 0.391. The van der Waals surface area contributed by atoms with Crippen LogP contribution in [0.5, 0.6) is 0 Å². The zero-order chi connectivity index (χ0) is 22.6. The van der Waals surface area contributed by atoms with Crippen molar-refractivity contribution in [2.45, 2.75) is 17.9 Å². The van der Waals surface area contributed by atoms with Gasteiger partial charge in [0.2, 0.25) is 15.9 Å². The molecule has 2 saturated heterocycles. The molecule has 0 spiro atoms. The Labute approximate surface area is 188 Å². The van der Waals surface area contributed by atoms with Crippen LogP contribution in [0.2, 0.25) is 0 Å². The maximum atomic E-state index is 12.7. The van der Waals surface area contributed by atoms with Crippen LogP contribution in [0.15, 0.2) is 59.5 Å². The van der Waals surface area contributed by atoms with Gasteiger partial charge in [0.05, 0.1) is 18.1 Å². The van der Waals surface area contributed by atoms with Gasteiger partial charge < -0.3 is 15.0 Å². The molecule has 170 valence electrons. The highest BCUT2D eigenvalue weighted by atomic mass is 32.2. The van der Waals surface area contributed by atoms with Gasteiger partial charge in [-0.2, -0.15) is 4.31 Å². The molecule has 1 N–H and O–H groups in total. The zero-order valence-corrected chi connectivity index (χ0v) is 18.6. The van der Waals surface area contributed by atoms with Gasteiger partial charge in [0.15, 0.2) is 0 Å². The number of morpholine rings is 1. The van der Waals surface area contributed by atoms with Crippen molar-refractivity contribution in [3.05, 3.63) is 65.7 Å². The van der Waals surface area contributed by atoms with Crippen molar-refractivity contribution < 1.29 is 22.7 Å². The Hall–Kier alpha value is -2.75. The molecule has 8 nitrogen and oxygen atoms in total. The molecule has 0 aromatic heterocycles. The lowest BCUT2D eigenvalue weighted by Gasteiger charge is -2.26. The number of hydrogen-bond donors (Lipinski definition) is 1. The number of ether oxygens (including phenoxy) is 1. The van der Waals surface area contributed by atoms with Gasteiger partial charge in [0.1, 0.15) is 0 Å². The summed E-state index contributed by atoms with van der Waals surface area (Å²) in [6.07, 6.45) is 0.407. The quantitative estimate of drug-likeness (QED) is 0.680. The van der Waals surface area contributed by atoms with E-state index in [4.69, 9.17) is 4.74 Å². The van der Waals surface area contributed by atoms with Crippen LogP contribution in [-0.4, -0.2) is 68.8 Å². The smallest absolute Gasteiger partial charge is 0.251 e. The summed E-state index contributed by atoms with van der Waals surface area (Å²) in [6, 6.07) is 15.8. The lowest BCUT2D eigenvalue weighted by Crippen LogP contribution is -2.40. The topological polar surface area (TPSA) is 96.0 Å². The molecule has 2 fully saturated rings. The summed E-state index contributed by atoms with van der Waals surface area (Å²) in [5.41, 5.74) is 1.47. The first-order valence-corrected chi connectivity index (χ1v) is 12.2. The fourth-order valence-electron chi connectivity index (χ4n) is 4.00. The molecule has 0 bridgehead atoms. The Bertz CT molecular complexity index is 1050. The Balaban J connectivity index is 1.30. The average molecular weight is 458 g/mol. The van der Waals surface area contributed by atoms with Crippen molar-refractivity contribution in [3.8, 4) is 0 Å². The Morgan fingerprint density at radius 1 is 1.03 bits per heavy atom. The first-order valence-electron chi connectivity index (χ1n) is 10.7. The number of carbonyl (C=O) groups excluding carboxylic acids is 2. The standard InChI is InChI=1S/C23H27N3O5S/c27-22-14-19(17-25(22)16-18-4-2-1-3-5-18)15-24-23(28)20-6-8-21(9-7-20)32(29,30)26-10-12-31-13-11-26/h1-9,19H,10-17H2,(H,24,28). The molecule has 1 atom stereocenters. The minimum atomic E-state index is -3.59. The molecule has 32 heavy (non-hydrogen) atoms. The molecule has 2 aromatic rings. The molecule has 2 heterocycles. The van der Waals surface area contributed by atoms with E-state index in [1.807, 2.05) is 35.2 Å². The molecule has 0 aliphatic carbocycles. The molecule has 0 saturated carbocycles. The third-order valence-electron chi connectivity index (χ3n) is 5.79. The van der Waals surface area contributed by atoms with Crippen LogP contribution in [0.3, 0.4) is 0 Å². The number of rotatable bonds is 7. The summed E-state index contributed by atoms with van der Waals surface area (Å²) >= 11 is 0. The lowest BCUT2D eigenvalue weighted by atomic mass is 10.1. The minimum absolute atomic E-state index is 0.0520. The number of amides is 2. The number of sulfonamides is 1. The molecule has 0 radical (unpaired) electrons. The van der Waals surface area contributed by atoms with Crippen LogP contribution in [0.25, 0.3) is 0 Å². The van der Waals surface area contributed by atoms with Gasteiger partial charge >= 0.3 is 0 Å². The second-order valence-electron chi connectivity index (χ2n) is 8.08. The fourth-order valence-corrected chi connectivity index (χ4v) is 5.41. The van der Waals surface area contributed by atoms with E-state index < -0.39 is 10.0 Å². The summed E-state index contributed by atoms with van der Waals surface area (Å²) in [7, 11) is -3.59. The van der Waals surface area contributed by atoms with E-state index in [9.17, 15) is 18.0 Å². The first-order chi connectivity index (χ1) is 15.4. The van der Waals surface area contributed by atoms with E-state index >= 15 is 0 Å². The van der Waals surface area contributed by atoms with Crippen LogP contribution < -0.4 is 5.32 Å². The first kappa shape index (κ1) is 22.4. The molecule has 9 heteroatoms. The third kappa shape index (κ3) is 5.17. The van der Waals surface area contributed by atoms with Crippen molar-refractivity contribution in [1.29, 1.82) is 0 Å². The predicted octanol–water partition coefficient (Wildman–Crippen LogP) is 1.49. The highest BCUT2D eigenvalue weighted by molar-refractivity contribution is 7.89. The van der Waals surface area contributed by atoms with Crippen molar-refractivity contribution in [2.24, 2.45) is 5.92 Å². The lowest BCUT2D eigenvalue weighted by molar-refractivity contribution is -0.128. The normalized spacial score (nSPS) is 19.8. The van der Waals surface area contributed by atoms with E-state index in [2.05, 4.69) is 5.32 Å². The van der Waals surface area contributed by atoms with Gasteiger partial charge in [-0.05, 0) is 29.8 Å². The van der Waals surface area contributed by atoms with Gasteiger partial charge in [-0.1, -0.05) is 30.3 Å². The Kier molecular flexibility index (Phi) is 6.88. The zero-order valence-electron chi connectivity index (χ0n) is 17.8. The van der Waals surface area contributed by atoms with Crippen molar-refractivity contribution >= 4 is 21.8 Å². The Morgan fingerprint density at radius 3 is 2.41 bits per heavy atom. The predicted molar refractivity (Wildman–Crippen MR) is 118 cm³/mol. The summed E-state index contributed by atoms with van der Waals surface area (Å²) in [6.45, 7) is 2.98. The van der Waals surface area contributed by atoms with Crippen molar-refractivity contribution in [3.63, 3.8) is 0 Å². The SMILES string of the molecule is O=C(NCC1CC(=O)N(Cc2ccccc2)C1)c1ccc(S(=O)(=O)N2CCOCC2)cc1. The summed E-state index contributed by atoms with van der Waals surface area (Å²) in [5, 5.41) is 2.87. The van der Waals surface area contributed by atoms with E-state index in [0.29, 0.717) is 57.9 Å². The number of nitrogens with one attached hydrogen (secondary N) is 1. The van der Waals surface area contributed by atoms with Crippen molar-refractivity contribution in [2.75, 3.05) is 39.4 Å². The number of carbonyl (C=O) groups is 2. The van der Waals surface area contributed by atoms with Crippen molar-refractivity contribution in [1.82, 2.24) is 14.5 Å². The van der Waals surface area contributed by atoms with Crippen LogP contribution in [0.1, 0.15) is 22.3 Å². The molecular weight excluding hydrogens is 430 g/mol. The summed E-state index contributed by atoms with van der Waals surface area (Å²) in [5.74, 6) is -0.142. The second-order valence-corrected chi connectivity index (χ2v) is 10.0. The number of benzene rings is 2. The number of nitrogens with zero attached hydrogens (tertiary/aromatic N) is 2. The van der Waals surface area contributed by atoms with Crippen LogP contribution in [0, 0.1) is 5.92 Å². The maximum Gasteiger partial charge on any atom is 0.251 e. The van der Waals surface area contributed by atoms with Gasteiger partial charge in [0, 0.05) is 50.6 Å². The molecule has 2 aliphatic heterocycles. The minimum Gasteiger partial charge on any atom is -0.379 e. The average Bonchev–Trinajstić information content (AvgIpc) is 3.17. The molecular formula is C23H27N3O5S.